The number of ether oxygens (including phenoxy) is 2. The van der Waals surface area contributed by atoms with Gasteiger partial charge in [0.05, 0.1) is 10.5 Å². The quantitative estimate of drug-likeness (QED) is 0.879. The Labute approximate surface area is 138 Å². The molecule has 0 atom stereocenters. The molecule has 0 bridgehead atoms. The average molecular weight is 349 g/mol. The summed E-state index contributed by atoms with van der Waals surface area (Å²) >= 11 is 0. The maximum atomic E-state index is 12.6. The van der Waals surface area contributed by atoms with Gasteiger partial charge >= 0.3 is 5.97 Å². The number of hydrogen-bond donors (Lipinski definition) is 2. The fraction of sp³-hybridized carbons (Fsp3) is 0.188. The van der Waals surface area contributed by atoms with Crippen molar-refractivity contribution < 1.29 is 27.8 Å². The summed E-state index contributed by atoms with van der Waals surface area (Å²) in [6, 6.07) is 7.34. The van der Waals surface area contributed by atoms with Gasteiger partial charge in [-0.1, -0.05) is 6.07 Å². The number of aryl methyl sites for hydroxylation is 2. The molecule has 2 aromatic carbocycles. The van der Waals surface area contributed by atoms with Crippen LogP contribution in [0.3, 0.4) is 0 Å². The van der Waals surface area contributed by atoms with Gasteiger partial charge in [-0.15, -0.1) is 0 Å². The van der Waals surface area contributed by atoms with Crippen molar-refractivity contribution in [1.29, 1.82) is 0 Å². The molecule has 1 aliphatic rings. The molecular formula is C16H15NO6S. The molecule has 0 spiro atoms. The first kappa shape index (κ1) is 16.1. The van der Waals surface area contributed by atoms with Gasteiger partial charge in [-0.2, -0.15) is 0 Å². The zero-order chi connectivity index (χ0) is 17.5. The first-order chi connectivity index (χ1) is 11.3. The van der Waals surface area contributed by atoms with E-state index in [1.807, 2.05) is 0 Å². The second kappa shape index (κ2) is 5.72. The van der Waals surface area contributed by atoms with E-state index in [0.717, 1.165) is 0 Å². The Hall–Kier alpha value is -2.74. The summed E-state index contributed by atoms with van der Waals surface area (Å²) < 4.78 is 38.1. The molecule has 0 fully saturated rings. The van der Waals surface area contributed by atoms with Gasteiger partial charge in [0.2, 0.25) is 6.79 Å². The summed E-state index contributed by atoms with van der Waals surface area (Å²) in [5, 5.41) is 9.15. The Kier molecular flexibility index (Phi) is 3.84. The van der Waals surface area contributed by atoms with E-state index in [2.05, 4.69) is 4.72 Å². The molecular weight excluding hydrogens is 334 g/mol. The lowest BCUT2D eigenvalue weighted by molar-refractivity contribution is 0.0696. The number of nitrogens with one attached hydrogen (secondary N) is 1. The number of aromatic carboxylic acids is 1. The van der Waals surface area contributed by atoms with Crippen molar-refractivity contribution in [1.82, 2.24) is 0 Å². The summed E-state index contributed by atoms with van der Waals surface area (Å²) in [5.41, 5.74) is 1.26. The zero-order valence-electron chi connectivity index (χ0n) is 13.0. The molecule has 0 unspecified atom stereocenters. The van der Waals surface area contributed by atoms with E-state index in [1.165, 1.54) is 18.2 Å². The second-order valence-electron chi connectivity index (χ2n) is 5.41. The molecule has 24 heavy (non-hydrogen) atoms. The minimum atomic E-state index is -3.90. The van der Waals surface area contributed by atoms with Gasteiger partial charge in [0.1, 0.15) is 0 Å². The summed E-state index contributed by atoms with van der Waals surface area (Å²) in [7, 11) is -3.90. The molecule has 0 aliphatic carbocycles. The van der Waals surface area contributed by atoms with Crippen LogP contribution in [0.5, 0.6) is 11.5 Å². The van der Waals surface area contributed by atoms with Crippen LogP contribution < -0.4 is 14.2 Å². The number of sulfonamides is 1. The van der Waals surface area contributed by atoms with Gasteiger partial charge in [-0.25, -0.2) is 13.2 Å². The fourth-order valence-electron chi connectivity index (χ4n) is 2.44. The zero-order valence-corrected chi connectivity index (χ0v) is 13.8. The molecule has 0 radical (unpaired) electrons. The minimum absolute atomic E-state index is 0.0395. The molecule has 0 saturated heterocycles. The third-order valence-electron chi connectivity index (χ3n) is 3.68. The maximum absolute atomic E-state index is 12.6. The van der Waals surface area contributed by atoms with Crippen molar-refractivity contribution >= 4 is 21.7 Å². The highest BCUT2D eigenvalue weighted by Gasteiger charge is 2.23. The van der Waals surface area contributed by atoms with E-state index in [4.69, 9.17) is 14.6 Å². The van der Waals surface area contributed by atoms with Crippen molar-refractivity contribution in [3.05, 3.63) is 47.0 Å². The Bertz CT molecular complexity index is 936. The van der Waals surface area contributed by atoms with Crippen molar-refractivity contribution in [2.45, 2.75) is 18.7 Å². The monoisotopic (exact) mass is 349 g/mol. The lowest BCUT2D eigenvalue weighted by Gasteiger charge is -2.12. The van der Waals surface area contributed by atoms with Gasteiger partial charge in [-0.05, 0) is 43.2 Å². The summed E-state index contributed by atoms with van der Waals surface area (Å²) in [6.07, 6.45) is 0. The number of carboxylic acids is 1. The molecule has 0 amide bonds. The first-order valence-corrected chi connectivity index (χ1v) is 8.53. The number of hydrogen-bond acceptors (Lipinski definition) is 5. The number of anilines is 1. The van der Waals surface area contributed by atoms with E-state index in [1.54, 1.807) is 26.0 Å². The SMILES string of the molecule is Cc1ccc(NS(=O)(=O)c2cc3c(cc2C)OCO3)cc1C(=O)O. The van der Waals surface area contributed by atoms with E-state index >= 15 is 0 Å². The number of fused-ring (bicyclic) bond motifs is 1. The molecule has 2 aromatic rings. The largest absolute Gasteiger partial charge is 0.478 e. The Morgan fingerprint density at radius 2 is 1.75 bits per heavy atom. The lowest BCUT2D eigenvalue weighted by atomic mass is 10.1. The van der Waals surface area contributed by atoms with Crippen LogP contribution in [0.15, 0.2) is 35.2 Å². The molecule has 0 saturated carbocycles. The average Bonchev–Trinajstić information content (AvgIpc) is 2.95. The second-order valence-corrected chi connectivity index (χ2v) is 7.06. The van der Waals surface area contributed by atoms with Crippen LogP contribution in [-0.4, -0.2) is 26.3 Å². The standard InChI is InChI=1S/C16H15NO6S/c1-9-3-4-11(6-12(9)16(18)19)17-24(20,21)15-7-14-13(5-10(15)2)22-8-23-14/h3-7,17H,8H2,1-2H3,(H,18,19). The highest BCUT2D eigenvalue weighted by atomic mass is 32.2. The van der Waals surface area contributed by atoms with Crippen molar-refractivity contribution in [3.63, 3.8) is 0 Å². The van der Waals surface area contributed by atoms with E-state index in [0.29, 0.717) is 22.6 Å². The Morgan fingerprint density at radius 3 is 2.42 bits per heavy atom. The maximum Gasteiger partial charge on any atom is 0.336 e. The molecule has 2 N–H and O–H groups in total. The van der Waals surface area contributed by atoms with E-state index in [9.17, 15) is 13.2 Å². The number of carboxylic acid groups (broad SMARTS) is 1. The highest BCUT2D eigenvalue weighted by Crippen LogP contribution is 2.36. The van der Waals surface area contributed by atoms with Crippen LogP contribution >= 0.6 is 0 Å². The fourth-order valence-corrected chi connectivity index (χ4v) is 3.73. The lowest BCUT2D eigenvalue weighted by Crippen LogP contribution is -2.15. The van der Waals surface area contributed by atoms with Gasteiger partial charge < -0.3 is 14.6 Å². The van der Waals surface area contributed by atoms with Crippen LogP contribution in [0.1, 0.15) is 21.5 Å². The van der Waals surface area contributed by atoms with Crippen molar-refractivity contribution in [2.24, 2.45) is 0 Å². The molecule has 126 valence electrons. The molecule has 1 heterocycles. The molecule has 0 aromatic heterocycles. The first-order valence-electron chi connectivity index (χ1n) is 7.05. The smallest absolute Gasteiger partial charge is 0.336 e. The van der Waals surface area contributed by atoms with Crippen LogP contribution in [0.2, 0.25) is 0 Å². The normalized spacial score (nSPS) is 12.9. The summed E-state index contributed by atoms with van der Waals surface area (Å²) in [4.78, 5) is 11.2. The third kappa shape index (κ3) is 2.88. The van der Waals surface area contributed by atoms with E-state index < -0.39 is 16.0 Å². The minimum Gasteiger partial charge on any atom is -0.478 e. The van der Waals surface area contributed by atoms with Crippen LogP contribution in [0, 0.1) is 13.8 Å². The van der Waals surface area contributed by atoms with E-state index in [-0.39, 0.29) is 22.9 Å². The van der Waals surface area contributed by atoms with Gasteiger partial charge in [0.25, 0.3) is 10.0 Å². The van der Waals surface area contributed by atoms with Crippen molar-refractivity contribution in [2.75, 3.05) is 11.5 Å². The predicted molar refractivity (Wildman–Crippen MR) is 86.2 cm³/mol. The topological polar surface area (TPSA) is 102 Å². The van der Waals surface area contributed by atoms with Crippen molar-refractivity contribution in [3.8, 4) is 11.5 Å². The van der Waals surface area contributed by atoms with Crippen LogP contribution in [-0.2, 0) is 10.0 Å². The number of benzene rings is 2. The number of carbonyl (C=O) groups is 1. The predicted octanol–water partition coefficient (Wildman–Crippen LogP) is 2.53. The van der Waals surface area contributed by atoms with Gasteiger partial charge in [0, 0.05) is 11.8 Å². The highest BCUT2D eigenvalue weighted by molar-refractivity contribution is 7.92. The number of rotatable bonds is 4. The Balaban J connectivity index is 1.98. The van der Waals surface area contributed by atoms with Gasteiger partial charge in [-0.3, -0.25) is 4.72 Å². The molecule has 3 rings (SSSR count). The van der Waals surface area contributed by atoms with Crippen LogP contribution in [0.4, 0.5) is 5.69 Å². The van der Waals surface area contributed by atoms with Gasteiger partial charge in [0.15, 0.2) is 11.5 Å². The molecule has 1 aliphatic heterocycles. The Morgan fingerprint density at radius 1 is 1.08 bits per heavy atom. The molecule has 8 heteroatoms. The van der Waals surface area contributed by atoms with Crippen LogP contribution in [0.25, 0.3) is 0 Å². The summed E-state index contributed by atoms with van der Waals surface area (Å²) in [5.74, 6) is -0.265. The summed E-state index contributed by atoms with van der Waals surface area (Å²) in [6.45, 7) is 3.34. The molecule has 7 nitrogen and oxygen atoms in total. The third-order valence-corrected chi connectivity index (χ3v) is 5.20.